The van der Waals surface area contributed by atoms with E-state index in [1.165, 1.54) is 25.2 Å². The van der Waals surface area contributed by atoms with Gasteiger partial charge < -0.3 is 9.47 Å². The van der Waals surface area contributed by atoms with Crippen LogP contribution in [-0.2, 0) is 29.1 Å². The summed E-state index contributed by atoms with van der Waals surface area (Å²) in [4.78, 5) is 27.1. The Morgan fingerprint density at radius 3 is 1.92 bits per heavy atom. The van der Waals surface area contributed by atoms with E-state index in [1.54, 1.807) is 32.5 Å². The van der Waals surface area contributed by atoms with Crippen molar-refractivity contribution in [3.05, 3.63) is 24.3 Å². The summed E-state index contributed by atoms with van der Waals surface area (Å²) in [5, 5.41) is 0. The smallest absolute Gasteiger partial charge is 0.334 e. The maximum Gasteiger partial charge on any atom is 0.334 e. The summed E-state index contributed by atoms with van der Waals surface area (Å²) in [6.45, 7) is 7.68. The highest BCUT2D eigenvalue weighted by Gasteiger charge is 2.66. The van der Waals surface area contributed by atoms with Crippen molar-refractivity contribution in [2.24, 2.45) is 11.3 Å². The SMILES string of the molecule is CC(C)OC(=O)C1(C)C=CC=CC1(C(=O)OC(C)C)S(=O)(=O)NN. The second-order valence-corrected chi connectivity index (χ2v) is 8.07. The Morgan fingerprint density at radius 2 is 1.46 bits per heavy atom. The molecule has 0 bridgehead atoms. The number of esters is 2. The van der Waals surface area contributed by atoms with Gasteiger partial charge in [0, 0.05) is 0 Å². The molecule has 9 heteroatoms. The Kier molecular flexibility index (Phi) is 5.96. The number of carbonyl (C=O) groups excluding carboxylic acids is 2. The molecule has 0 radical (unpaired) electrons. The fraction of sp³-hybridized carbons (Fsp3) is 0.600. The Labute approximate surface area is 142 Å². The van der Waals surface area contributed by atoms with Crippen LogP contribution in [0.15, 0.2) is 24.3 Å². The molecular formula is C15H24N2O6S. The molecule has 2 unspecified atom stereocenters. The van der Waals surface area contributed by atoms with Gasteiger partial charge in [0.1, 0.15) is 5.41 Å². The van der Waals surface area contributed by atoms with Crippen molar-refractivity contribution in [1.82, 2.24) is 4.83 Å². The second-order valence-electron chi connectivity index (χ2n) is 6.19. The lowest BCUT2D eigenvalue weighted by atomic mass is 9.73. The summed E-state index contributed by atoms with van der Waals surface area (Å²) in [6, 6.07) is 0. The van der Waals surface area contributed by atoms with E-state index < -0.39 is 44.3 Å². The molecule has 0 aromatic heterocycles. The highest BCUT2D eigenvalue weighted by Crippen LogP contribution is 2.45. The molecule has 0 aromatic rings. The molecule has 0 aliphatic heterocycles. The molecule has 0 heterocycles. The van der Waals surface area contributed by atoms with Crippen LogP contribution < -0.4 is 10.7 Å². The van der Waals surface area contributed by atoms with Crippen LogP contribution >= 0.6 is 0 Å². The molecule has 0 saturated heterocycles. The summed E-state index contributed by atoms with van der Waals surface area (Å²) in [7, 11) is -4.50. The van der Waals surface area contributed by atoms with Gasteiger partial charge in [-0.2, -0.15) is 4.83 Å². The monoisotopic (exact) mass is 360 g/mol. The van der Waals surface area contributed by atoms with Gasteiger partial charge in [-0.15, -0.1) is 0 Å². The topological polar surface area (TPSA) is 125 Å². The summed E-state index contributed by atoms with van der Waals surface area (Å²) in [6.07, 6.45) is 4.12. The fourth-order valence-electron chi connectivity index (χ4n) is 2.45. The number of rotatable bonds is 6. The number of sulfonamides is 1. The molecule has 2 atom stereocenters. The van der Waals surface area contributed by atoms with Crippen LogP contribution in [0, 0.1) is 5.41 Å². The van der Waals surface area contributed by atoms with Crippen molar-refractivity contribution < 1.29 is 27.5 Å². The predicted molar refractivity (Wildman–Crippen MR) is 87.8 cm³/mol. The standard InChI is InChI=1S/C15H24N2O6S/c1-10(2)22-12(18)14(5)8-6-7-9-15(14,24(20,21)17-16)13(19)23-11(3)4/h6-11,17H,16H2,1-5H3. The van der Waals surface area contributed by atoms with Crippen LogP contribution in [-0.4, -0.2) is 37.3 Å². The van der Waals surface area contributed by atoms with Gasteiger partial charge in [0.2, 0.25) is 14.8 Å². The van der Waals surface area contributed by atoms with Crippen molar-refractivity contribution in [3.63, 3.8) is 0 Å². The normalized spacial score (nSPS) is 26.7. The Hall–Kier alpha value is -1.71. The van der Waals surface area contributed by atoms with Gasteiger partial charge in [0.15, 0.2) is 0 Å². The third-order valence-corrected chi connectivity index (χ3v) is 5.52. The largest absolute Gasteiger partial charge is 0.462 e. The van der Waals surface area contributed by atoms with Crippen LogP contribution in [0.3, 0.4) is 0 Å². The van der Waals surface area contributed by atoms with Gasteiger partial charge in [-0.3, -0.25) is 10.6 Å². The van der Waals surface area contributed by atoms with Gasteiger partial charge in [0.05, 0.1) is 12.2 Å². The third-order valence-electron chi connectivity index (χ3n) is 3.63. The number of allylic oxidation sites excluding steroid dienone is 2. The van der Waals surface area contributed by atoms with Crippen molar-refractivity contribution in [1.29, 1.82) is 0 Å². The molecule has 24 heavy (non-hydrogen) atoms. The Balaban J connectivity index is 3.65. The number of hydrogen-bond donors (Lipinski definition) is 2. The summed E-state index contributed by atoms with van der Waals surface area (Å²) in [5.41, 5.74) is -1.86. The molecule has 0 aromatic carbocycles. The first-order valence-electron chi connectivity index (χ1n) is 7.45. The molecule has 1 aliphatic carbocycles. The van der Waals surface area contributed by atoms with E-state index in [4.69, 9.17) is 15.3 Å². The fourth-order valence-corrected chi connectivity index (χ4v) is 3.87. The minimum Gasteiger partial charge on any atom is -0.462 e. The highest BCUT2D eigenvalue weighted by atomic mass is 32.2. The van der Waals surface area contributed by atoms with Crippen LogP contribution in [0.2, 0.25) is 0 Å². The van der Waals surface area contributed by atoms with Crippen molar-refractivity contribution in [3.8, 4) is 0 Å². The molecule has 136 valence electrons. The predicted octanol–water partition coefficient (Wildman–Crippen LogP) is 0.554. The van der Waals surface area contributed by atoms with Gasteiger partial charge >= 0.3 is 11.9 Å². The van der Waals surface area contributed by atoms with E-state index in [0.29, 0.717) is 0 Å². The number of carbonyl (C=O) groups is 2. The number of hydrogen-bond acceptors (Lipinski definition) is 7. The van der Waals surface area contributed by atoms with E-state index >= 15 is 0 Å². The quantitative estimate of drug-likeness (QED) is 0.402. The van der Waals surface area contributed by atoms with Crippen LogP contribution in [0.25, 0.3) is 0 Å². The molecule has 0 fully saturated rings. The molecule has 1 aliphatic rings. The lowest BCUT2D eigenvalue weighted by Gasteiger charge is -2.41. The van der Waals surface area contributed by atoms with E-state index in [2.05, 4.69) is 0 Å². The van der Waals surface area contributed by atoms with Gasteiger partial charge in [-0.25, -0.2) is 13.2 Å². The van der Waals surface area contributed by atoms with Crippen molar-refractivity contribution >= 4 is 22.0 Å². The lowest BCUT2D eigenvalue weighted by Crippen LogP contribution is -2.65. The van der Waals surface area contributed by atoms with E-state index in [9.17, 15) is 18.0 Å². The van der Waals surface area contributed by atoms with E-state index in [0.717, 1.165) is 6.08 Å². The summed E-state index contributed by atoms with van der Waals surface area (Å²) >= 11 is 0. The first kappa shape index (κ1) is 20.3. The molecule has 8 nitrogen and oxygen atoms in total. The highest BCUT2D eigenvalue weighted by molar-refractivity contribution is 7.92. The molecule has 0 spiro atoms. The average Bonchev–Trinajstić information content (AvgIpc) is 2.45. The average molecular weight is 360 g/mol. The van der Waals surface area contributed by atoms with E-state index in [-0.39, 0.29) is 0 Å². The first-order valence-corrected chi connectivity index (χ1v) is 8.94. The number of hydrazine groups is 1. The molecule has 0 saturated carbocycles. The zero-order valence-corrected chi connectivity index (χ0v) is 15.2. The van der Waals surface area contributed by atoms with Gasteiger partial charge in [0.25, 0.3) is 0 Å². The van der Waals surface area contributed by atoms with Gasteiger partial charge in [-0.1, -0.05) is 18.2 Å². The first-order chi connectivity index (χ1) is 10.9. The Morgan fingerprint density at radius 1 is 1.00 bits per heavy atom. The molecular weight excluding hydrogens is 336 g/mol. The number of nitrogens with one attached hydrogen (secondary N) is 1. The minimum atomic E-state index is -4.50. The summed E-state index contributed by atoms with van der Waals surface area (Å²) in [5.74, 6) is 3.17. The Bertz CT molecular complexity index is 667. The van der Waals surface area contributed by atoms with Crippen LogP contribution in [0.1, 0.15) is 34.6 Å². The van der Waals surface area contributed by atoms with E-state index in [1.807, 2.05) is 0 Å². The van der Waals surface area contributed by atoms with Crippen molar-refractivity contribution in [2.75, 3.05) is 0 Å². The summed E-state index contributed by atoms with van der Waals surface area (Å²) < 4.78 is 33.3. The maximum atomic E-state index is 12.8. The number of ether oxygens (including phenoxy) is 2. The molecule has 0 amide bonds. The molecule has 3 N–H and O–H groups in total. The molecule has 1 rings (SSSR count). The minimum absolute atomic E-state index is 0.499. The maximum absolute atomic E-state index is 12.8. The van der Waals surface area contributed by atoms with Gasteiger partial charge in [-0.05, 0) is 40.7 Å². The third kappa shape index (κ3) is 3.24. The zero-order valence-electron chi connectivity index (χ0n) is 14.4. The van der Waals surface area contributed by atoms with Crippen molar-refractivity contribution in [2.45, 2.75) is 51.6 Å². The second kappa shape index (κ2) is 7.04. The number of nitrogens with two attached hydrogens (primary N) is 1. The van der Waals surface area contributed by atoms with Crippen LogP contribution in [0.4, 0.5) is 0 Å². The van der Waals surface area contributed by atoms with Crippen LogP contribution in [0.5, 0.6) is 0 Å². The lowest BCUT2D eigenvalue weighted by molar-refractivity contribution is -0.165. The zero-order chi connectivity index (χ0) is 18.8.